The Hall–Kier alpha value is -3.22. The first kappa shape index (κ1) is 20.1. The molecule has 2 aliphatic rings. The highest BCUT2D eigenvalue weighted by molar-refractivity contribution is 5.95. The number of carbonyl (C=O) groups is 2. The standard InChI is InChI=1S/C23H26N2O5/c1-3-28-21-12-16-11-15(2)30-20(16)13-19(21)24-22(26)14-29-18-8-6-17(7-9-18)25-10-4-5-23(25)27/h6-9,12-13,15H,3-5,10-11,14H2,1-2H3,(H,24,26). The second-order valence-electron chi connectivity index (χ2n) is 7.50. The average molecular weight is 410 g/mol. The van der Waals surface area contributed by atoms with Gasteiger partial charge in [-0.1, -0.05) is 0 Å². The van der Waals surface area contributed by atoms with Crippen LogP contribution in [0.1, 0.15) is 32.3 Å². The van der Waals surface area contributed by atoms with E-state index in [9.17, 15) is 9.59 Å². The van der Waals surface area contributed by atoms with E-state index in [1.165, 1.54) is 0 Å². The van der Waals surface area contributed by atoms with Gasteiger partial charge in [0, 0.05) is 36.7 Å². The molecule has 30 heavy (non-hydrogen) atoms. The summed E-state index contributed by atoms with van der Waals surface area (Å²) in [5.74, 6) is 1.81. The van der Waals surface area contributed by atoms with Crippen LogP contribution in [-0.2, 0) is 16.0 Å². The van der Waals surface area contributed by atoms with Crippen molar-refractivity contribution in [1.29, 1.82) is 0 Å². The second kappa shape index (κ2) is 8.65. The van der Waals surface area contributed by atoms with Crippen LogP contribution in [0.4, 0.5) is 11.4 Å². The van der Waals surface area contributed by atoms with Gasteiger partial charge in [0.2, 0.25) is 5.91 Å². The molecule has 2 amide bonds. The zero-order valence-corrected chi connectivity index (χ0v) is 17.3. The molecule has 0 saturated carbocycles. The normalized spacial score (nSPS) is 17.5. The molecular formula is C23H26N2O5. The number of carbonyl (C=O) groups excluding carboxylic acids is 2. The van der Waals surface area contributed by atoms with Crippen molar-refractivity contribution in [2.75, 3.05) is 30.0 Å². The molecular weight excluding hydrogens is 384 g/mol. The van der Waals surface area contributed by atoms with Gasteiger partial charge < -0.3 is 24.4 Å². The summed E-state index contributed by atoms with van der Waals surface area (Å²) in [5.41, 5.74) is 2.50. The van der Waals surface area contributed by atoms with Gasteiger partial charge in [-0.05, 0) is 50.6 Å². The summed E-state index contributed by atoms with van der Waals surface area (Å²) in [5, 5.41) is 2.85. The molecule has 2 aromatic carbocycles. The first-order valence-electron chi connectivity index (χ1n) is 10.3. The Morgan fingerprint density at radius 2 is 2.03 bits per heavy atom. The molecule has 0 spiro atoms. The average Bonchev–Trinajstić information content (AvgIpc) is 3.31. The van der Waals surface area contributed by atoms with E-state index < -0.39 is 0 Å². The molecule has 1 fully saturated rings. The van der Waals surface area contributed by atoms with E-state index >= 15 is 0 Å². The molecule has 0 bridgehead atoms. The van der Waals surface area contributed by atoms with Gasteiger partial charge in [-0.2, -0.15) is 0 Å². The fourth-order valence-corrected chi connectivity index (χ4v) is 3.79. The van der Waals surface area contributed by atoms with E-state index in [2.05, 4.69) is 5.32 Å². The van der Waals surface area contributed by atoms with Crippen LogP contribution in [0.5, 0.6) is 17.2 Å². The molecule has 0 aromatic heterocycles. The van der Waals surface area contributed by atoms with Crippen molar-refractivity contribution < 1.29 is 23.8 Å². The predicted octanol–water partition coefficient (Wildman–Crippen LogP) is 3.55. The van der Waals surface area contributed by atoms with Crippen molar-refractivity contribution in [1.82, 2.24) is 0 Å². The topological polar surface area (TPSA) is 77.1 Å². The van der Waals surface area contributed by atoms with Crippen LogP contribution >= 0.6 is 0 Å². The minimum Gasteiger partial charge on any atom is -0.492 e. The second-order valence-corrected chi connectivity index (χ2v) is 7.50. The number of nitrogens with zero attached hydrogens (tertiary/aromatic N) is 1. The van der Waals surface area contributed by atoms with E-state index in [1.54, 1.807) is 17.0 Å². The van der Waals surface area contributed by atoms with Crippen molar-refractivity contribution >= 4 is 23.2 Å². The van der Waals surface area contributed by atoms with Gasteiger partial charge in [-0.3, -0.25) is 9.59 Å². The highest BCUT2D eigenvalue weighted by Crippen LogP contribution is 2.38. The zero-order chi connectivity index (χ0) is 21.1. The number of rotatable bonds is 7. The van der Waals surface area contributed by atoms with Crippen LogP contribution < -0.4 is 24.4 Å². The van der Waals surface area contributed by atoms with Gasteiger partial charge in [0.15, 0.2) is 6.61 Å². The van der Waals surface area contributed by atoms with Crippen LogP contribution in [-0.4, -0.2) is 37.7 Å². The lowest BCUT2D eigenvalue weighted by Gasteiger charge is -2.16. The third-order valence-electron chi connectivity index (χ3n) is 5.16. The predicted molar refractivity (Wildman–Crippen MR) is 114 cm³/mol. The number of benzene rings is 2. The molecule has 0 aliphatic carbocycles. The SMILES string of the molecule is CCOc1cc2c(cc1NC(=O)COc1ccc(N3CCCC3=O)cc1)OC(C)C2. The van der Waals surface area contributed by atoms with E-state index in [0.717, 1.165) is 36.4 Å². The third-order valence-corrected chi connectivity index (χ3v) is 5.16. The Morgan fingerprint density at radius 1 is 1.23 bits per heavy atom. The molecule has 2 heterocycles. The van der Waals surface area contributed by atoms with Crippen molar-refractivity contribution in [2.24, 2.45) is 0 Å². The van der Waals surface area contributed by atoms with Gasteiger partial charge in [0.1, 0.15) is 23.4 Å². The number of hydrogen-bond acceptors (Lipinski definition) is 5. The first-order valence-corrected chi connectivity index (χ1v) is 10.3. The lowest BCUT2D eigenvalue weighted by atomic mass is 10.1. The molecule has 158 valence electrons. The summed E-state index contributed by atoms with van der Waals surface area (Å²) in [4.78, 5) is 26.0. The first-order chi connectivity index (χ1) is 14.5. The Morgan fingerprint density at radius 3 is 2.73 bits per heavy atom. The summed E-state index contributed by atoms with van der Waals surface area (Å²) >= 11 is 0. The number of fused-ring (bicyclic) bond motifs is 1. The van der Waals surface area contributed by atoms with Crippen molar-refractivity contribution in [3.8, 4) is 17.2 Å². The molecule has 2 aromatic rings. The Bertz CT molecular complexity index is 941. The van der Waals surface area contributed by atoms with Crippen LogP contribution in [0.2, 0.25) is 0 Å². The summed E-state index contributed by atoms with van der Waals surface area (Å²) in [6, 6.07) is 10.9. The largest absolute Gasteiger partial charge is 0.492 e. The molecule has 1 N–H and O–H groups in total. The summed E-state index contributed by atoms with van der Waals surface area (Å²) in [6.45, 7) is 5.02. The molecule has 7 heteroatoms. The molecule has 1 saturated heterocycles. The molecule has 4 rings (SSSR count). The smallest absolute Gasteiger partial charge is 0.262 e. The Balaban J connectivity index is 1.37. The van der Waals surface area contributed by atoms with E-state index in [4.69, 9.17) is 14.2 Å². The minimum atomic E-state index is -0.291. The van der Waals surface area contributed by atoms with Crippen molar-refractivity contribution in [3.05, 3.63) is 42.0 Å². The fourth-order valence-electron chi connectivity index (χ4n) is 3.79. The molecule has 1 unspecified atom stereocenters. The van der Waals surface area contributed by atoms with Crippen molar-refractivity contribution in [3.63, 3.8) is 0 Å². The Labute approximate surface area is 175 Å². The van der Waals surface area contributed by atoms with E-state index in [-0.39, 0.29) is 24.5 Å². The maximum absolute atomic E-state index is 12.4. The zero-order valence-electron chi connectivity index (χ0n) is 17.3. The van der Waals surface area contributed by atoms with Gasteiger partial charge >= 0.3 is 0 Å². The highest BCUT2D eigenvalue weighted by atomic mass is 16.5. The molecule has 1 atom stereocenters. The molecule has 0 radical (unpaired) electrons. The molecule has 7 nitrogen and oxygen atoms in total. The van der Waals surface area contributed by atoms with Crippen LogP contribution in [0.25, 0.3) is 0 Å². The number of hydrogen-bond donors (Lipinski definition) is 1. The molecule has 2 aliphatic heterocycles. The maximum atomic E-state index is 12.4. The van der Waals surface area contributed by atoms with E-state index in [1.807, 2.05) is 38.1 Å². The quantitative estimate of drug-likeness (QED) is 0.755. The maximum Gasteiger partial charge on any atom is 0.262 e. The number of ether oxygens (including phenoxy) is 3. The van der Waals surface area contributed by atoms with Gasteiger partial charge in [-0.15, -0.1) is 0 Å². The number of nitrogens with one attached hydrogen (secondary N) is 1. The fraction of sp³-hybridized carbons (Fsp3) is 0.391. The minimum absolute atomic E-state index is 0.114. The Kier molecular flexibility index (Phi) is 5.79. The van der Waals surface area contributed by atoms with Gasteiger partial charge in [0.05, 0.1) is 12.3 Å². The van der Waals surface area contributed by atoms with Crippen molar-refractivity contribution in [2.45, 2.75) is 39.2 Å². The summed E-state index contributed by atoms with van der Waals surface area (Å²) < 4.78 is 17.1. The lowest BCUT2D eigenvalue weighted by molar-refractivity contribution is -0.118. The lowest BCUT2D eigenvalue weighted by Crippen LogP contribution is -2.23. The number of amides is 2. The van der Waals surface area contributed by atoms with Crippen LogP contribution in [0, 0.1) is 0 Å². The van der Waals surface area contributed by atoms with Crippen LogP contribution in [0.15, 0.2) is 36.4 Å². The highest BCUT2D eigenvalue weighted by Gasteiger charge is 2.23. The van der Waals surface area contributed by atoms with Gasteiger partial charge in [-0.25, -0.2) is 0 Å². The number of anilines is 2. The third kappa shape index (κ3) is 4.35. The monoisotopic (exact) mass is 410 g/mol. The summed E-state index contributed by atoms with van der Waals surface area (Å²) in [6.07, 6.45) is 2.41. The van der Waals surface area contributed by atoms with E-state index in [0.29, 0.717) is 30.2 Å². The van der Waals surface area contributed by atoms with Crippen LogP contribution in [0.3, 0.4) is 0 Å². The van der Waals surface area contributed by atoms with Gasteiger partial charge in [0.25, 0.3) is 5.91 Å². The summed E-state index contributed by atoms with van der Waals surface area (Å²) in [7, 11) is 0.